The van der Waals surface area contributed by atoms with Crippen LogP contribution in [0.5, 0.6) is 5.75 Å². The molecule has 1 atom stereocenters. The number of rotatable bonds is 6. The monoisotopic (exact) mass is 343 g/mol. The fourth-order valence-electron chi connectivity index (χ4n) is 3.80. The second-order valence-corrected chi connectivity index (χ2v) is 7.12. The van der Waals surface area contributed by atoms with Gasteiger partial charge >= 0.3 is 0 Å². The van der Waals surface area contributed by atoms with E-state index in [1.165, 1.54) is 17.7 Å². The summed E-state index contributed by atoms with van der Waals surface area (Å²) >= 11 is 0. The van der Waals surface area contributed by atoms with Crippen molar-refractivity contribution in [3.8, 4) is 5.75 Å². The maximum Gasteiger partial charge on any atom is 0.123 e. The van der Waals surface area contributed by atoms with E-state index < -0.39 is 0 Å². The van der Waals surface area contributed by atoms with Crippen molar-refractivity contribution < 1.29 is 14.2 Å². The van der Waals surface area contributed by atoms with E-state index in [1.807, 2.05) is 24.3 Å². The number of halogens is 1. The molecule has 0 bridgehead atoms. The van der Waals surface area contributed by atoms with Crippen molar-refractivity contribution in [2.75, 3.05) is 26.8 Å². The first-order chi connectivity index (χ1) is 12.1. The molecular weight excluding hydrogens is 317 g/mol. The highest BCUT2D eigenvalue weighted by Crippen LogP contribution is 2.34. The highest BCUT2D eigenvalue weighted by atomic mass is 19.1. The van der Waals surface area contributed by atoms with Crippen molar-refractivity contribution in [1.29, 1.82) is 0 Å². The Morgan fingerprint density at radius 3 is 2.40 bits per heavy atom. The lowest BCUT2D eigenvalue weighted by Crippen LogP contribution is -2.46. The normalized spacial score (nSPS) is 21.2. The average Bonchev–Trinajstić information content (AvgIpc) is 2.65. The Morgan fingerprint density at radius 1 is 1.08 bits per heavy atom. The van der Waals surface area contributed by atoms with Gasteiger partial charge in [0.05, 0.1) is 13.7 Å². The number of methoxy groups -OCH3 is 1. The van der Waals surface area contributed by atoms with E-state index >= 15 is 0 Å². The van der Waals surface area contributed by atoms with Crippen LogP contribution in [0.25, 0.3) is 0 Å². The van der Waals surface area contributed by atoms with E-state index in [9.17, 15) is 9.50 Å². The predicted octanol–water partition coefficient (Wildman–Crippen LogP) is 3.65. The number of aliphatic hydroxyl groups excluding tert-OH is 1. The van der Waals surface area contributed by atoms with Gasteiger partial charge in [0.15, 0.2) is 0 Å². The molecule has 134 valence electrons. The van der Waals surface area contributed by atoms with Crippen molar-refractivity contribution in [2.24, 2.45) is 5.41 Å². The molecule has 1 fully saturated rings. The van der Waals surface area contributed by atoms with Crippen LogP contribution in [-0.2, 0) is 13.0 Å². The number of hydrogen-bond donors (Lipinski definition) is 1. The van der Waals surface area contributed by atoms with E-state index in [4.69, 9.17) is 4.74 Å². The van der Waals surface area contributed by atoms with Crippen LogP contribution in [0.3, 0.4) is 0 Å². The minimum atomic E-state index is -0.216. The predicted molar refractivity (Wildman–Crippen MR) is 97.1 cm³/mol. The minimum absolute atomic E-state index is 0.150. The summed E-state index contributed by atoms with van der Waals surface area (Å²) in [5.74, 6) is 0.648. The van der Waals surface area contributed by atoms with Gasteiger partial charge in [-0.1, -0.05) is 24.3 Å². The minimum Gasteiger partial charge on any atom is -0.497 e. The van der Waals surface area contributed by atoms with Crippen molar-refractivity contribution in [2.45, 2.75) is 25.8 Å². The molecule has 0 amide bonds. The molecule has 1 aliphatic rings. The largest absolute Gasteiger partial charge is 0.497 e. The van der Waals surface area contributed by atoms with Gasteiger partial charge in [0, 0.05) is 18.5 Å². The number of piperidine rings is 1. The lowest BCUT2D eigenvalue weighted by molar-refractivity contribution is 0.0288. The van der Waals surface area contributed by atoms with Gasteiger partial charge in [-0.05, 0) is 61.2 Å². The first kappa shape index (κ1) is 17.9. The van der Waals surface area contributed by atoms with Crippen molar-refractivity contribution in [3.05, 3.63) is 65.5 Å². The molecule has 0 aromatic heterocycles. The van der Waals surface area contributed by atoms with E-state index in [0.717, 1.165) is 50.2 Å². The van der Waals surface area contributed by atoms with E-state index in [1.54, 1.807) is 7.11 Å². The molecule has 0 spiro atoms. The van der Waals surface area contributed by atoms with Gasteiger partial charge in [-0.25, -0.2) is 4.39 Å². The molecule has 0 aliphatic carbocycles. The molecule has 4 heteroatoms. The third-order valence-corrected chi connectivity index (χ3v) is 5.13. The third-order valence-electron chi connectivity index (χ3n) is 5.13. The van der Waals surface area contributed by atoms with Crippen molar-refractivity contribution in [1.82, 2.24) is 4.90 Å². The molecular formula is C21H26FNO2. The molecule has 0 unspecified atom stereocenters. The topological polar surface area (TPSA) is 32.7 Å². The van der Waals surface area contributed by atoms with Gasteiger partial charge in [0.2, 0.25) is 0 Å². The quantitative estimate of drug-likeness (QED) is 0.869. The van der Waals surface area contributed by atoms with Crippen LogP contribution in [-0.4, -0.2) is 36.8 Å². The van der Waals surface area contributed by atoms with Gasteiger partial charge in [0.25, 0.3) is 0 Å². The number of likely N-dealkylation sites (tertiary alicyclic amines) is 1. The zero-order valence-electron chi connectivity index (χ0n) is 14.7. The summed E-state index contributed by atoms with van der Waals surface area (Å²) in [6, 6.07) is 14.8. The second-order valence-electron chi connectivity index (χ2n) is 7.12. The highest BCUT2D eigenvalue weighted by Gasteiger charge is 2.35. The van der Waals surface area contributed by atoms with E-state index in [0.29, 0.717) is 0 Å². The number of nitrogens with zero attached hydrogens (tertiary/aromatic N) is 1. The average molecular weight is 343 g/mol. The van der Waals surface area contributed by atoms with Gasteiger partial charge in [-0.15, -0.1) is 0 Å². The van der Waals surface area contributed by atoms with Crippen LogP contribution in [0.15, 0.2) is 48.5 Å². The smallest absolute Gasteiger partial charge is 0.123 e. The molecule has 1 saturated heterocycles. The van der Waals surface area contributed by atoms with Crippen LogP contribution in [0.4, 0.5) is 4.39 Å². The number of ether oxygens (including phenoxy) is 1. The van der Waals surface area contributed by atoms with Crippen molar-refractivity contribution in [3.63, 3.8) is 0 Å². The summed E-state index contributed by atoms with van der Waals surface area (Å²) < 4.78 is 18.3. The van der Waals surface area contributed by atoms with Gasteiger partial charge in [0.1, 0.15) is 11.6 Å². The third kappa shape index (κ3) is 4.59. The Bertz CT molecular complexity index is 671. The standard InChI is InChI=1S/C21H26FNO2/c1-25-20-9-5-18(6-10-20)14-23-12-2-11-21(15-23,16-24)13-17-3-7-19(22)8-4-17/h3-10,24H,2,11-16H2,1H3/t21-/m1/s1. The van der Waals surface area contributed by atoms with Crippen LogP contribution >= 0.6 is 0 Å². The molecule has 2 aromatic rings. The Balaban J connectivity index is 1.67. The maximum atomic E-state index is 13.1. The molecule has 0 saturated carbocycles. The van der Waals surface area contributed by atoms with Crippen LogP contribution in [0, 0.1) is 11.2 Å². The molecule has 3 rings (SSSR count). The molecule has 1 aliphatic heterocycles. The molecule has 0 radical (unpaired) electrons. The first-order valence-corrected chi connectivity index (χ1v) is 8.83. The van der Waals surface area contributed by atoms with E-state index in [-0.39, 0.29) is 17.8 Å². The summed E-state index contributed by atoms with van der Waals surface area (Å²) in [5, 5.41) is 10.1. The second kappa shape index (κ2) is 7.98. The van der Waals surface area contributed by atoms with Crippen molar-refractivity contribution >= 4 is 0 Å². The van der Waals surface area contributed by atoms with Crippen LogP contribution in [0.1, 0.15) is 24.0 Å². The Hall–Kier alpha value is -1.91. The lowest BCUT2D eigenvalue weighted by Gasteiger charge is -2.42. The zero-order chi connectivity index (χ0) is 17.7. The molecule has 2 aromatic carbocycles. The molecule has 3 nitrogen and oxygen atoms in total. The number of aliphatic hydroxyl groups is 1. The summed E-state index contributed by atoms with van der Waals surface area (Å²) in [4.78, 5) is 2.41. The zero-order valence-corrected chi connectivity index (χ0v) is 14.7. The molecule has 25 heavy (non-hydrogen) atoms. The van der Waals surface area contributed by atoms with Crippen LogP contribution < -0.4 is 4.74 Å². The number of benzene rings is 2. The Kier molecular flexibility index (Phi) is 5.71. The maximum absolute atomic E-state index is 13.1. The van der Waals surface area contributed by atoms with Gasteiger partial charge < -0.3 is 9.84 Å². The molecule has 1 N–H and O–H groups in total. The summed E-state index contributed by atoms with van der Waals surface area (Å²) in [6.07, 6.45) is 2.85. The first-order valence-electron chi connectivity index (χ1n) is 8.83. The fraction of sp³-hybridized carbons (Fsp3) is 0.429. The lowest BCUT2D eigenvalue weighted by atomic mass is 9.75. The SMILES string of the molecule is COc1ccc(CN2CCC[C@@](CO)(Cc3ccc(F)cc3)C2)cc1. The number of hydrogen-bond acceptors (Lipinski definition) is 3. The van der Waals surface area contributed by atoms with Gasteiger partial charge in [-0.3, -0.25) is 4.90 Å². The summed E-state index contributed by atoms with van der Waals surface area (Å²) in [7, 11) is 1.67. The van der Waals surface area contributed by atoms with E-state index in [2.05, 4.69) is 17.0 Å². The van der Waals surface area contributed by atoms with Gasteiger partial charge in [-0.2, -0.15) is 0 Å². The molecule has 1 heterocycles. The Morgan fingerprint density at radius 2 is 1.76 bits per heavy atom. The summed E-state index contributed by atoms with van der Waals surface area (Å²) in [5.41, 5.74) is 2.18. The highest BCUT2D eigenvalue weighted by molar-refractivity contribution is 5.27. The summed E-state index contributed by atoms with van der Waals surface area (Å²) in [6.45, 7) is 2.92. The van der Waals surface area contributed by atoms with Crippen LogP contribution in [0.2, 0.25) is 0 Å². The fourth-order valence-corrected chi connectivity index (χ4v) is 3.80. The Labute approximate surface area is 149 Å².